The maximum Gasteiger partial charge on any atom is 0.314 e. The van der Waals surface area contributed by atoms with Crippen molar-refractivity contribution in [3.05, 3.63) is 29.6 Å². The highest BCUT2D eigenvalue weighted by Crippen LogP contribution is 2.16. The van der Waals surface area contributed by atoms with E-state index in [1.54, 1.807) is 0 Å². The van der Waals surface area contributed by atoms with Gasteiger partial charge in [-0.3, -0.25) is 4.79 Å². The second-order valence-corrected chi connectivity index (χ2v) is 1.98. The Balaban J connectivity index is 3.11. The third-order valence-corrected chi connectivity index (χ3v) is 1.18. The predicted octanol–water partition coefficient (Wildman–Crippen LogP) is 1.58. The molecule has 0 aliphatic heterocycles. The number of hydrogen-bond donors (Lipinski definition) is 1. The molecule has 0 aromatic heterocycles. The summed E-state index contributed by atoms with van der Waals surface area (Å²) in [6.07, 6.45) is 1.20. The Morgan fingerprint density at radius 1 is 1.17 bits per heavy atom. The lowest BCUT2D eigenvalue weighted by Crippen LogP contribution is -1.98. The number of halogens is 3. The fourth-order valence-corrected chi connectivity index (χ4v) is 0.687. The monoisotopic (exact) mass is 174 g/mol. The average Bonchev–Trinajstić information content (AvgIpc) is 2.01. The Hall–Kier alpha value is -1.52. The van der Waals surface area contributed by atoms with E-state index in [2.05, 4.69) is 0 Å². The van der Waals surface area contributed by atoms with E-state index >= 15 is 0 Å². The molecule has 1 N–H and O–H groups in total. The van der Waals surface area contributed by atoms with Crippen LogP contribution in [0.25, 0.3) is 0 Å². The largest absolute Gasteiger partial charge is 0.318 e. The zero-order valence-electron chi connectivity index (χ0n) is 5.70. The van der Waals surface area contributed by atoms with Gasteiger partial charge in [-0.05, 0) is 0 Å². The highest BCUT2D eigenvalue weighted by atomic mass is 19.2. The lowest BCUT2D eigenvalue weighted by molar-refractivity contribution is 0.448. The van der Waals surface area contributed by atoms with Gasteiger partial charge in [-0.15, -0.1) is 0 Å². The van der Waals surface area contributed by atoms with E-state index in [1.807, 2.05) is 5.32 Å². The predicted molar refractivity (Wildman–Crippen MR) is 35.6 cm³/mol. The molecule has 0 unspecified atom stereocenters. The Morgan fingerprint density at radius 3 is 2.08 bits per heavy atom. The van der Waals surface area contributed by atoms with Gasteiger partial charge in [0.25, 0.3) is 0 Å². The van der Waals surface area contributed by atoms with E-state index in [9.17, 15) is 18.0 Å². The lowest BCUT2D eigenvalue weighted by Gasteiger charge is -1.99. The average molecular weight is 174 g/mol. The molecule has 2 nitrogen and oxygen atoms in total. The Kier molecular flexibility index (Phi) is 2.32. The first-order chi connectivity index (χ1) is 5.65. The molecule has 1 rings (SSSR count). The molecule has 1 radical (unpaired) electrons. The molecule has 1 amide bonds. The van der Waals surface area contributed by atoms with Crippen LogP contribution in [0, 0.1) is 17.5 Å². The van der Waals surface area contributed by atoms with Crippen LogP contribution in [0.15, 0.2) is 12.1 Å². The summed E-state index contributed by atoms with van der Waals surface area (Å²) in [6, 6.07) is 1.31. The van der Waals surface area contributed by atoms with Gasteiger partial charge in [-0.25, -0.2) is 13.2 Å². The zero-order chi connectivity index (χ0) is 9.14. The minimum atomic E-state index is -1.56. The van der Waals surface area contributed by atoms with Gasteiger partial charge in [0.15, 0.2) is 17.5 Å². The van der Waals surface area contributed by atoms with Gasteiger partial charge >= 0.3 is 6.41 Å². The van der Waals surface area contributed by atoms with Crippen LogP contribution in [0.3, 0.4) is 0 Å². The molecule has 12 heavy (non-hydrogen) atoms. The number of rotatable bonds is 2. The van der Waals surface area contributed by atoms with E-state index in [-0.39, 0.29) is 5.69 Å². The second-order valence-electron chi connectivity index (χ2n) is 1.98. The van der Waals surface area contributed by atoms with Crippen molar-refractivity contribution in [3.8, 4) is 0 Å². The van der Waals surface area contributed by atoms with Crippen LogP contribution in [-0.4, -0.2) is 6.41 Å². The van der Waals surface area contributed by atoms with Crippen molar-refractivity contribution in [2.24, 2.45) is 0 Å². The van der Waals surface area contributed by atoms with Gasteiger partial charge in [0.05, 0.1) is 0 Å². The van der Waals surface area contributed by atoms with E-state index in [4.69, 9.17) is 0 Å². The summed E-state index contributed by atoms with van der Waals surface area (Å²) in [5.41, 5.74) is -0.179. The molecule has 0 saturated heterocycles. The maximum absolute atomic E-state index is 12.4. The fraction of sp³-hybridized carbons (Fsp3) is 0. The van der Waals surface area contributed by atoms with Crippen molar-refractivity contribution in [1.82, 2.24) is 0 Å². The molecule has 0 fully saturated rings. The van der Waals surface area contributed by atoms with E-state index in [0.717, 1.165) is 0 Å². The van der Waals surface area contributed by atoms with Gasteiger partial charge < -0.3 is 5.32 Å². The summed E-state index contributed by atoms with van der Waals surface area (Å²) >= 11 is 0. The van der Waals surface area contributed by atoms with E-state index in [1.165, 1.54) is 6.41 Å². The lowest BCUT2D eigenvalue weighted by atomic mass is 10.3. The quantitative estimate of drug-likeness (QED) is 0.535. The molecule has 0 heterocycles. The Bertz CT molecular complexity index is 291. The highest BCUT2D eigenvalue weighted by molar-refractivity contribution is 5.71. The highest BCUT2D eigenvalue weighted by Gasteiger charge is 2.09. The summed E-state index contributed by atoms with van der Waals surface area (Å²) in [7, 11) is 0. The summed E-state index contributed by atoms with van der Waals surface area (Å²) in [5.74, 6) is -4.27. The molecule has 63 valence electrons. The minimum absolute atomic E-state index is 0.179. The first-order valence-corrected chi connectivity index (χ1v) is 2.93. The first kappa shape index (κ1) is 8.58. The summed E-state index contributed by atoms with van der Waals surface area (Å²) < 4.78 is 37.0. The third-order valence-electron chi connectivity index (χ3n) is 1.18. The molecule has 5 heteroatoms. The number of hydrogen-bond acceptors (Lipinski definition) is 1. The van der Waals surface area contributed by atoms with Crippen molar-refractivity contribution in [2.45, 2.75) is 0 Å². The first-order valence-electron chi connectivity index (χ1n) is 2.93. The zero-order valence-corrected chi connectivity index (χ0v) is 5.70. The van der Waals surface area contributed by atoms with Gasteiger partial charge in [-0.1, -0.05) is 0 Å². The molecule has 0 aliphatic rings. The van der Waals surface area contributed by atoms with Crippen LogP contribution >= 0.6 is 0 Å². The molecule has 0 atom stereocenters. The smallest absolute Gasteiger partial charge is 0.314 e. The summed E-state index contributed by atoms with van der Waals surface area (Å²) in [6.45, 7) is 0. The van der Waals surface area contributed by atoms with Crippen molar-refractivity contribution < 1.29 is 18.0 Å². The summed E-state index contributed by atoms with van der Waals surface area (Å²) in [5, 5.41) is 1.86. The van der Waals surface area contributed by atoms with E-state index < -0.39 is 17.5 Å². The van der Waals surface area contributed by atoms with Crippen LogP contribution in [0.1, 0.15) is 0 Å². The summed E-state index contributed by atoms with van der Waals surface area (Å²) in [4.78, 5) is 9.71. The van der Waals surface area contributed by atoms with Crippen LogP contribution < -0.4 is 5.32 Å². The van der Waals surface area contributed by atoms with E-state index in [0.29, 0.717) is 12.1 Å². The third kappa shape index (κ3) is 1.55. The van der Waals surface area contributed by atoms with Crippen LogP contribution in [0.2, 0.25) is 0 Å². The molecule has 1 aromatic rings. The van der Waals surface area contributed by atoms with Crippen LogP contribution in [0.5, 0.6) is 0 Å². The maximum atomic E-state index is 12.4. The van der Waals surface area contributed by atoms with Crippen molar-refractivity contribution in [1.29, 1.82) is 0 Å². The number of anilines is 1. The van der Waals surface area contributed by atoms with Gasteiger partial charge in [-0.2, -0.15) is 0 Å². The van der Waals surface area contributed by atoms with Gasteiger partial charge in [0.1, 0.15) is 0 Å². The van der Waals surface area contributed by atoms with Crippen molar-refractivity contribution in [2.75, 3.05) is 5.32 Å². The van der Waals surface area contributed by atoms with Crippen LogP contribution in [0.4, 0.5) is 18.9 Å². The SMILES string of the molecule is O=[C]Nc1cc(F)c(F)c(F)c1. The molecular weight excluding hydrogens is 171 g/mol. The van der Waals surface area contributed by atoms with Crippen molar-refractivity contribution >= 4 is 12.1 Å². The minimum Gasteiger partial charge on any atom is -0.318 e. The second kappa shape index (κ2) is 3.25. The Morgan fingerprint density at radius 2 is 1.67 bits per heavy atom. The number of carbonyl (C=O) groups excluding carboxylic acids is 1. The van der Waals surface area contributed by atoms with Crippen LogP contribution in [-0.2, 0) is 4.79 Å². The molecule has 0 aliphatic carbocycles. The molecule has 0 spiro atoms. The normalized spacial score (nSPS) is 9.58. The molecular formula is C7H3F3NO. The van der Waals surface area contributed by atoms with Crippen molar-refractivity contribution in [3.63, 3.8) is 0 Å². The molecule has 1 aromatic carbocycles. The fourth-order valence-electron chi connectivity index (χ4n) is 0.687. The molecule has 0 saturated carbocycles. The van der Waals surface area contributed by atoms with Gasteiger partial charge in [0.2, 0.25) is 0 Å². The Labute approximate surface area is 66.0 Å². The number of nitrogens with one attached hydrogen (secondary N) is 1. The standard InChI is InChI=1S/C7H3F3NO/c8-5-1-4(11-3-12)2-6(9)7(5)10/h1-2H,(H,11,12). The van der Waals surface area contributed by atoms with Gasteiger partial charge in [0, 0.05) is 17.8 Å². The topological polar surface area (TPSA) is 29.1 Å². The number of amides is 1. The molecule has 0 bridgehead atoms. The number of benzene rings is 1.